The van der Waals surface area contributed by atoms with Crippen LogP contribution in [0.5, 0.6) is 5.75 Å². The third-order valence-corrected chi connectivity index (χ3v) is 7.56. The third-order valence-electron chi connectivity index (χ3n) is 5.40. The van der Waals surface area contributed by atoms with Crippen LogP contribution >= 0.6 is 11.8 Å². The highest BCUT2D eigenvalue weighted by atomic mass is 32.2. The predicted molar refractivity (Wildman–Crippen MR) is 135 cm³/mol. The Morgan fingerprint density at radius 3 is 2.43 bits per heavy atom. The maximum absolute atomic E-state index is 12.9. The first-order chi connectivity index (χ1) is 17.6. The summed E-state index contributed by atoms with van der Waals surface area (Å²) >= 11 is 0.658. The van der Waals surface area contributed by atoms with Gasteiger partial charge in [0.15, 0.2) is 0 Å². The molecule has 37 heavy (non-hydrogen) atoms. The lowest BCUT2D eigenvalue weighted by Crippen LogP contribution is -2.46. The Morgan fingerprint density at radius 1 is 1.08 bits per heavy atom. The number of rotatable bonds is 7. The number of amides is 4. The standard InChI is InChI=1S/C24H23N3O8S2/c1-16(28)25-18-6-8-19(9-7-18)37(32,33)35-20-5-3-2-4-17(20)14-21-23(30)27(24(31)36-21)15-22(29)26-10-12-34-13-11-26/h2-9,14H,10-13,15H2,1H3,(H,25,28)/b21-14-. The molecular weight excluding hydrogens is 522 g/mol. The van der Waals surface area contributed by atoms with Crippen LogP contribution in [0, 0.1) is 0 Å². The number of nitrogens with one attached hydrogen (secondary N) is 1. The van der Waals surface area contributed by atoms with E-state index >= 15 is 0 Å². The van der Waals surface area contributed by atoms with Gasteiger partial charge in [0.05, 0.1) is 18.1 Å². The van der Waals surface area contributed by atoms with Crippen molar-refractivity contribution in [3.8, 4) is 5.75 Å². The van der Waals surface area contributed by atoms with E-state index in [1.165, 1.54) is 54.3 Å². The van der Waals surface area contributed by atoms with Gasteiger partial charge in [-0.2, -0.15) is 8.42 Å². The fourth-order valence-electron chi connectivity index (χ4n) is 3.58. The molecule has 0 radical (unpaired) electrons. The van der Waals surface area contributed by atoms with Gasteiger partial charge in [0.25, 0.3) is 11.1 Å². The number of anilines is 1. The number of hydrogen-bond donors (Lipinski definition) is 1. The zero-order valence-electron chi connectivity index (χ0n) is 19.7. The van der Waals surface area contributed by atoms with Crippen LogP contribution < -0.4 is 9.50 Å². The summed E-state index contributed by atoms with van der Waals surface area (Å²) in [6.45, 7) is 2.52. The molecule has 2 heterocycles. The summed E-state index contributed by atoms with van der Waals surface area (Å²) in [5.74, 6) is -1.35. The molecule has 1 N–H and O–H groups in total. The quantitative estimate of drug-likeness (QED) is 0.410. The molecule has 4 amide bonds. The number of morpholine rings is 1. The van der Waals surface area contributed by atoms with Crippen LogP contribution in [-0.4, -0.2) is 74.0 Å². The molecule has 0 unspecified atom stereocenters. The van der Waals surface area contributed by atoms with Crippen molar-refractivity contribution in [1.82, 2.24) is 9.80 Å². The molecule has 2 aliphatic rings. The summed E-state index contributed by atoms with van der Waals surface area (Å²) in [7, 11) is -4.25. The number of ether oxygens (including phenoxy) is 1. The lowest BCUT2D eigenvalue weighted by atomic mass is 10.2. The molecule has 2 aromatic rings. The second-order valence-electron chi connectivity index (χ2n) is 8.04. The van der Waals surface area contributed by atoms with Crippen LogP contribution in [0.25, 0.3) is 6.08 Å². The first-order valence-electron chi connectivity index (χ1n) is 11.2. The molecule has 0 spiro atoms. The Labute approximate surface area is 217 Å². The van der Waals surface area contributed by atoms with Gasteiger partial charge in [0, 0.05) is 31.3 Å². The zero-order valence-corrected chi connectivity index (χ0v) is 21.3. The first kappa shape index (κ1) is 26.4. The molecule has 2 saturated heterocycles. The van der Waals surface area contributed by atoms with Crippen LogP contribution in [0.2, 0.25) is 0 Å². The van der Waals surface area contributed by atoms with E-state index < -0.39 is 21.3 Å². The molecule has 0 saturated carbocycles. The molecule has 194 valence electrons. The summed E-state index contributed by atoms with van der Waals surface area (Å²) in [4.78, 5) is 51.4. The number of benzene rings is 2. The highest BCUT2D eigenvalue weighted by Gasteiger charge is 2.37. The van der Waals surface area contributed by atoms with Crippen molar-refractivity contribution < 1.29 is 36.5 Å². The van der Waals surface area contributed by atoms with Gasteiger partial charge in [0.1, 0.15) is 17.2 Å². The van der Waals surface area contributed by atoms with Crippen LogP contribution in [-0.2, 0) is 29.2 Å². The largest absolute Gasteiger partial charge is 0.378 e. The maximum Gasteiger partial charge on any atom is 0.339 e. The summed E-state index contributed by atoms with van der Waals surface area (Å²) in [5.41, 5.74) is 0.681. The van der Waals surface area contributed by atoms with Crippen LogP contribution in [0.4, 0.5) is 10.5 Å². The fourth-order valence-corrected chi connectivity index (χ4v) is 5.36. The number of imide groups is 1. The molecular formula is C24H23N3O8S2. The predicted octanol–water partition coefficient (Wildman–Crippen LogP) is 2.31. The van der Waals surface area contributed by atoms with E-state index in [9.17, 15) is 27.6 Å². The van der Waals surface area contributed by atoms with E-state index in [0.29, 0.717) is 43.8 Å². The van der Waals surface area contributed by atoms with Gasteiger partial charge in [0.2, 0.25) is 11.8 Å². The van der Waals surface area contributed by atoms with E-state index in [-0.39, 0.29) is 39.5 Å². The summed E-state index contributed by atoms with van der Waals surface area (Å²) in [5, 5.41) is 1.95. The summed E-state index contributed by atoms with van der Waals surface area (Å²) < 4.78 is 36.2. The fraction of sp³-hybridized carbons (Fsp3) is 0.250. The van der Waals surface area contributed by atoms with Crippen LogP contribution in [0.1, 0.15) is 12.5 Å². The molecule has 0 bridgehead atoms. The Kier molecular flexibility index (Phi) is 7.95. The SMILES string of the molecule is CC(=O)Nc1ccc(S(=O)(=O)Oc2ccccc2/C=C2\SC(=O)N(CC(=O)N3CCOCC3)C2=O)cc1. The average molecular weight is 546 g/mol. The van der Waals surface area contributed by atoms with Crippen molar-refractivity contribution in [2.24, 2.45) is 0 Å². The van der Waals surface area contributed by atoms with Gasteiger partial charge < -0.3 is 19.1 Å². The molecule has 11 nitrogen and oxygen atoms in total. The molecule has 4 rings (SSSR count). The second-order valence-corrected chi connectivity index (χ2v) is 10.6. The van der Waals surface area contributed by atoms with E-state index in [4.69, 9.17) is 8.92 Å². The molecule has 0 aliphatic carbocycles. The molecule has 2 fully saturated rings. The minimum absolute atomic E-state index is 0.0351. The van der Waals surface area contributed by atoms with Gasteiger partial charge in [-0.25, -0.2) is 0 Å². The lowest BCUT2D eigenvalue weighted by Gasteiger charge is -2.28. The normalized spacial score (nSPS) is 17.3. The Hall–Kier alpha value is -3.68. The number of para-hydroxylation sites is 1. The van der Waals surface area contributed by atoms with Crippen LogP contribution in [0.15, 0.2) is 58.3 Å². The van der Waals surface area contributed by atoms with Crippen molar-refractivity contribution in [3.63, 3.8) is 0 Å². The average Bonchev–Trinajstić information content (AvgIpc) is 3.13. The lowest BCUT2D eigenvalue weighted by molar-refractivity contribution is -0.139. The first-order valence-corrected chi connectivity index (χ1v) is 13.4. The number of hydrogen-bond acceptors (Lipinski definition) is 9. The van der Waals surface area contributed by atoms with Crippen molar-refractivity contribution in [2.45, 2.75) is 11.8 Å². The number of nitrogens with zero attached hydrogens (tertiary/aromatic N) is 2. The van der Waals surface area contributed by atoms with Gasteiger partial charge in [-0.3, -0.25) is 24.1 Å². The topological polar surface area (TPSA) is 139 Å². The maximum atomic E-state index is 12.9. The molecule has 13 heteroatoms. The number of carbonyl (C=O) groups excluding carboxylic acids is 4. The van der Waals surface area contributed by atoms with Gasteiger partial charge in [-0.05, 0) is 48.2 Å². The van der Waals surface area contributed by atoms with Crippen molar-refractivity contribution in [1.29, 1.82) is 0 Å². The Balaban J connectivity index is 1.51. The van der Waals surface area contributed by atoms with Crippen LogP contribution in [0.3, 0.4) is 0 Å². The highest BCUT2D eigenvalue weighted by molar-refractivity contribution is 8.18. The van der Waals surface area contributed by atoms with Gasteiger partial charge in [-0.15, -0.1) is 0 Å². The molecule has 2 aromatic carbocycles. The molecule has 0 atom stereocenters. The number of carbonyl (C=O) groups is 4. The van der Waals surface area contributed by atoms with E-state index in [1.807, 2.05) is 0 Å². The minimum Gasteiger partial charge on any atom is -0.378 e. The van der Waals surface area contributed by atoms with E-state index in [2.05, 4.69) is 5.32 Å². The van der Waals surface area contributed by atoms with Crippen molar-refractivity contribution in [2.75, 3.05) is 38.2 Å². The summed E-state index contributed by atoms with van der Waals surface area (Å²) in [6.07, 6.45) is 1.36. The number of thioether (sulfide) groups is 1. The zero-order chi connectivity index (χ0) is 26.6. The van der Waals surface area contributed by atoms with Gasteiger partial charge >= 0.3 is 10.1 Å². The smallest absolute Gasteiger partial charge is 0.339 e. The molecule has 0 aromatic heterocycles. The Bertz CT molecular complexity index is 1370. The van der Waals surface area contributed by atoms with E-state index in [1.54, 1.807) is 12.1 Å². The van der Waals surface area contributed by atoms with E-state index in [0.717, 1.165) is 4.90 Å². The summed E-state index contributed by atoms with van der Waals surface area (Å²) in [6, 6.07) is 11.6. The third kappa shape index (κ3) is 6.37. The minimum atomic E-state index is -4.25. The molecule has 2 aliphatic heterocycles. The monoisotopic (exact) mass is 545 g/mol. The van der Waals surface area contributed by atoms with Crippen molar-refractivity contribution in [3.05, 3.63) is 59.0 Å². The second kappa shape index (κ2) is 11.2. The Morgan fingerprint density at radius 2 is 1.76 bits per heavy atom. The highest BCUT2D eigenvalue weighted by Crippen LogP contribution is 2.34. The van der Waals surface area contributed by atoms with Gasteiger partial charge in [-0.1, -0.05) is 18.2 Å². The van der Waals surface area contributed by atoms with Crippen molar-refractivity contribution >= 4 is 56.6 Å².